The average molecular weight is 120 g/mol. The molecule has 0 heterocycles. The van der Waals surface area contributed by atoms with Gasteiger partial charge in [0.2, 0.25) is 0 Å². The summed E-state index contributed by atoms with van der Waals surface area (Å²) in [6.45, 7) is 1.55. The summed E-state index contributed by atoms with van der Waals surface area (Å²) in [6.07, 6.45) is 9.24. The fourth-order valence-electron chi connectivity index (χ4n) is 0.720. The zero-order valence-electron chi connectivity index (χ0n) is 5.29. The van der Waals surface area contributed by atoms with E-state index in [4.69, 9.17) is 0 Å². The Morgan fingerprint density at radius 3 is 2.44 bits per heavy atom. The van der Waals surface area contributed by atoms with Gasteiger partial charge in [0, 0.05) is 0 Å². The Kier molecular flexibility index (Phi) is 1.63. The number of carbonyl (C=O) groups is 1. The quantitative estimate of drug-likeness (QED) is 0.480. The lowest BCUT2D eigenvalue weighted by Gasteiger charge is -1.83. The Hall–Kier alpha value is -1.11. The Bertz CT molecular complexity index is 193. The molecule has 1 aliphatic carbocycles. The highest BCUT2D eigenvalue weighted by atomic mass is 16.1. The minimum Gasteiger partial charge on any atom is -0.295 e. The first-order valence-corrected chi connectivity index (χ1v) is 2.86. The molecule has 0 radical (unpaired) electrons. The molecule has 1 aliphatic rings. The zero-order chi connectivity index (χ0) is 6.69. The molecule has 0 spiro atoms. The minimum atomic E-state index is 0.0983. The third-order valence-electron chi connectivity index (χ3n) is 1.06. The standard InChI is InChI=1S/C8H8O/c1-7(9)6-8-4-2-3-5-8/h2-6H,1H3. The highest BCUT2D eigenvalue weighted by Gasteiger charge is 1.91. The topological polar surface area (TPSA) is 17.1 Å². The molecule has 0 aromatic carbocycles. The zero-order valence-corrected chi connectivity index (χ0v) is 5.29. The summed E-state index contributed by atoms with van der Waals surface area (Å²) >= 11 is 0. The Balaban J connectivity index is 2.73. The van der Waals surface area contributed by atoms with E-state index in [2.05, 4.69) is 0 Å². The lowest BCUT2D eigenvalue weighted by atomic mass is 10.2. The van der Waals surface area contributed by atoms with Gasteiger partial charge < -0.3 is 0 Å². The smallest absolute Gasteiger partial charge is 0.153 e. The van der Waals surface area contributed by atoms with E-state index < -0.39 is 0 Å². The Labute approximate surface area is 54.4 Å². The molecule has 0 N–H and O–H groups in total. The van der Waals surface area contributed by atoms with E-state index in [9.17, 15) is 4.79 Å². The monoisotopic (exact) mass is 120 g/mol. The molecule has 46 valence electrons. The van der Waals surface area contributed by atoms with Crippen molar-refractivity contribution < 1.29 is 4.79 Å². The van der Waals surface area contributed by atoms with Crippen molar-refractivity contribution in [3.8, 4) is 0 Å². The average Bonchev–Trinajstić information content (AvgIpc) is 2.15. The Morgan fingerprint density at radius 1 is 1.44 bits per heavy atom. The third kappa shape index (κ3) is 1.68. The van der Waals surface area contributed by atoms with Gasteiger partial charge in [0.25, 0.3) is 0 Å². The largest absolute Gasteiger partial charge is 0.295 e. The van der Waals surface area contributed by atoms with E-state index in [1.165, 1.54) is 0 Å². The van der Waals surface area contributed by atoms with Crippen molar-refractivity contribution in [3.63, 3.8) is 0 Å². The van der Waals surface area contributed by atoms with Crippen molar-refractivity contribution in [2.75, 3.05) is 0 Å². The molecule has 0 aliphatic heterocycles. The summed E-state index contributed by atoms with van der Waals surface area (Å²) < 4.78 is 0. The van der Waals surface area contributed by atoms with Crippen LogP contribution in [0.4, 0.5) is 0 Å². The molecule has 0 amide bonds. The van der Waals surface area contributed by atoms with Crippen molar-refractivity contribution in [1.29, 1.82) is 0 Å². The van der Waals surface area contributed by atoms with Crippen LogP contribution in [0.25, 0.3) is 0 Å². The van der Waals surface area contributed by atoms with E-state index in [0.717, 1.165) is 5.57 Å². The van der Waals surface area contributed by atoms with Gasteiger partial charge in [-0.1, -0.05) is 24.3 Å². The van der Waals surface area contributed by atoms with Gasteiger partial charge in [0.05, 0.1) is 0 Å². The molecule has 1 heteroatoms. The van der Waals surface area contributed by atoms with Gasteiger partial charge in [0.15, 0.2) is 5.78 Å². The molecule has 9 heavy (non-hydrogen) atoms. The van der Waals surface area contributed by atoms with Gasteiger partial charge in [-0.3, -0.25) is 4.79 Å². The lowest BCUT2D eigenvalue weighted by molar-refractivity contribution is -0.112. The summed E-state index contributed by atoms with van der Waals surface area (Å²) in [5.74, 6) is 0.0983. The van der Waals surface area contributed by atoms with E-state index in [-0.39, 0.29) is 5.78 Å². The van der Waals surface area contributed by atoms with Gasteiger partial charge >= 0.3 is 0 Å². The van der Waals surface area contributed by atoms with Gasteiger partial charge in [-0.25, -0.2) is 0 Å². The Morgan fingerprint density at radius 2 is 2.00 bits per heavy atom. The van der Waals surface area contributed by atoms with Crippen LogP contribution in [0.3, 0.4) is 0 Å². The van der Waals surface area contributed by atoms with E-state index >= 15 is 0 Å². The molecule has 0 unspecified atom stereocenters. The maximum atomic E-state index is 10.5. The van der Waals surface area contributed by atoms with E-state index in [1.54, 1.807) is 13.0 Å². The van der Waals surface area contributed by atoms with E-state index in [0.29, 0.717) is 0 Å². The van der Waals surface area contributed by atoms with Crippen LogP contribution < -0.4 is 0 Å². The first-order valence-electron chi connectivity index (χ1n) is 2.86. The minimum absolute atomic E-state index is 0.0983. The normalized spacial score (nSPS) is 14.6. The predicted octanol–water partition coefficient (Wildman–Crippen LogP) is 1.63. The number of allylic oxidation sites excluding steroid dienone is 6. The summed E-state index contributed by atoms with van der Waals surface area (Å²) in [5, 5.41) is 0. The SMILES string of the molecule is CC(=O)C=C1C=CC=C1. The second kappa shape index (κ2) is 2.44. The van der Waals surface area contributed by atoms with Crippen molar-refractivity contribution in [3.05, 3.63) is 36.0 Å². The summed E-state index contributed by atoms with van der Waals surface area (Å²) in [7, 11) is 0. The number of rotatable bonds is 1. The molecule has 0 saturated heterocycles. The van der Waals surface area contributed by atoms with Crippen LogP contribution in [-0.2, 0) is 4.79 Å². The van der Waals surface area contributed by atoms with Gasteiger partial charge in [-0.15, -0.1) is 0 Å². The fourth-order valence-corrected chi connectivity index (χ4v) is 0.720. The van der Waals surface area contributed by atoms with Crippen LogP contribution in [0.5, 0.6) is 0 Å². The summed E-state index contributed by atoms with van der Waals surface area (Å²) in [6, 6.07) is 0. The molecule has 0 bridgehead atoms. The predicted molar refractivity (Wildman–Crippen MR) is 37.0 cm³/mol. The van der Waals surface area contributed by atoms with Crippen molar-refractivity contribution >= 4 is 5.78 Å². The second-order valence-electron chi connectivity index (χ2n) is 1.97. The fraction of sp³-hybridized carbons (Fsp3) is 0.125. The first kappa shape index (κ1) is 6.02. The van der Waals surface area contributed by atoms with E-state index in [1.807, 2.05) is 24.3 Å². The van der Waals surface area contributed by atoms with Crippen LogP contribution in [0.2, 0.25) is 0 Å². The van der Waals surface area contributed by atoms with Crippen LogP contribution in [0, 0.1) is 0 Å². The van der Waals surface area contributed by atoms with Crippen molar-refractivity contribution in [2.45, 2.75) is 6.92 Å². The lowest BCUT2D eigenvalue weighted by Crippen LogP contribution is -1.81. The molecule has 0 fully saturated rings. The van der Waals surface area contributed by atoms with Gasteiger partial charge in [0.1, 0.15) is 0 Å². The molecule has 0 aromatic rings. The highest BCUT2D eigenvalue weighted by Crippen LogP contribution is 2.05. The van der Waals surface area contributed by atoms with Crippen LogP contribution >= 0.6 is 0 Å². The molecule has 1 rings (SSSR count). The summed E-state index contributed by atoms with van der Waals surface area (Å²) in [5.41, 5.74) is 0.988. The van der Waals surface area contributed by atoms with Crippen molar-refractivity contribution in [2.24, 2.45) is 0 Å². The summed E-state index contributed by atoms with van der Waals surface area (Å²) in [4.78, 5) is 10.5. The molecular formula is C8H8O. The van der Waals surface area contributed by atoms with Gasteiger partial charge in [-0.2, -0.15) is 0 Å². The number of hydrogen-bond acceptors (Lipinski definition) is 1. The van der Waals surface area contributed by atoms with Crippen LogP contribution in [0.15, 0.2) is 36.0 Å². The maximum absolute atomic E-state index is 10.5. The van der Waals surface area contributed by atoms with Gasteiger partial charge in [-0.05, 0) is 18.6 Å². The molecule has 0 atom stereocenters. The maximum Gasteiger partial charge on any atom is 0.153 e. The van der Waals surface area contributed by atoms with Crippen LogP contribution in [-0.4, -0.2) is 5.78 Å². The molecule has 0 saturated carbocycles. The molecule has 1 nitrogen and oxygen atoms in total. The molecule has 0 aromatic heterocycles. The second-order valence-corrected chi connectivity index (χ2v) is 1.97. The first-order chi connectivity index (χ1) is 4.29. The third-order valence-corrected chi connectivity index (χ3v) is 1.06. The number of carbonyl (C=O) groups excluding carboxylic acids is 1. The molecular weight excluding hydrogens is 112 g/mol. The van der Waals surface area contributed by atoms with Crippen LogP contribution in [0.1, 0.15) is 6.92 Å². The number of hydrogen-bond donors (Lipinski definition) is 0. The number of ketones is 1. The van der Waals surface area contributed by atoms with Crippen molar-refractivity contribution in [1.82, 2.24) is 0 Å². The highest BCUT2D eigenvalue weighted by molar-refractivity contribution is 5.89.